The molecule has 0 atom stereocenters. The lowest BCUT2D eigenvalue weighted by molar-refractivity contribution is -0.364. The summed E-state index contributed by atoms with van der Waals surface area (Å²) < 4.78 is 0. The zero-order valence-corrected chi connectivity index (χ0v) is 13.3. The summed E-state index contributed by atoms with van der Waals surface area (Å²) in [6, 6.07) is 33.9. The van der Waals surface area contributed by atoms with Gasteiger partial charge in [0.05, 0.1) is 0 Å². The number of benzene rings is 3. The monoisotopic (exact) mass is 308 g/mol. The number of aromatic nitrogens is 1. The molecule has 0 aliphatic rings. The van der Waals surface area contributed by atoms with Gasteiger partial charge in [0.25, 0.3) is 0 Å². The van der Waals surface area contributed by atoms with E-state index in [1.54, 1.807) is 0 Å². The minimum Gasteiger partial charge on any atom is -0.211 e. The molecule has 0 bridgehead atoms. The number of rotatable bonds is 3. The minimum absolute atomic E-state index is 1.12. The lowest BCUT2D eigenvalue weighted by atomic mass is 10.0. The highest BCUT2D eigenvalue weighted by molar-refractivity contribution is 5.71. The highest BCUT2D eigenvalue weighted by Crippen LogP contribution is 2.25. The number of hydrogen-bond acceptors (Lipinski definition) is 0. The van der Waals surface area contributed by atoms with E-state index in [0.29, 0.717) is 0 Å². The Labute approximate surface area is 142 Å². The van der Waals surface area contributed by atoms with E-state index in [2.05, 4.69) is 89.9 Å². The Morgan fingerprint density at radius 1 is 0.417 bits per heavy atom. The van der Waals surface area contributed by atoms with Gasteiger partial charge in [-0.25, -0.2) is 4.98 Å². The molecule has 24 heavy (non-hydrogen) atoms. The van der Waals surface area contributed by atoms with Crippen LogP contribution in [-0.4, -0.2) is 0 Å². The average Bonchev–Trinajstić information content (AvgIpc) is 2.70. The predicted molar refractivity (Wildman–Crippen MR) is 99.3 cm³/mol. The maximum atomic E-state index is 3.35. The smallest absolute Gasteiger partial charge is 0.211 e. The van der Waals surface area contributed by atoms with Gasteiger partial charge in [-0.3, -0.25) is 0 Å². The molecule has 0 radical (unpaired) electrons. The van der Waals surface area contributed by atoms with Gasteiger partial charge in [0.15, 0.2) is 6.20 Å². The average molecular weight is 308 g/mol. The summed E-state index contributed by atoms with van der Waals surface area (Å²) in [5, 5.41) is 0. The maximum absolute atomic E-state index is 3.35. The zero-order valence-electron chi connectivity index (χ0n) is 13.3. The Morgan fingerprint density at radius 3 is 1.54 bits per heavy atom. The third-order valence-electron chi connectivity index (χ3n) is 4.21. The first kappa shape index (κ1) is 14.4. The van der Waals surface area contributed by atoms with Gasteiger partial charge in [0.2, 0.25) is 5.69 Å². The summed E-state index contributed by atoms with van der Waals surface area (Å²) in [4.78, 5) is 3.35. The van der Waals surface area contributed by atoms with Crippen molar-refractivity contribution in [1.29, 1.82) is 0 Å². The minimum atomic E-state index is 1.12. The van der Waals surface area contributed by atoms with Crippen molar-refractivity contribution in [2.45, 2.75) is 0 Å². The second-order valence-electron chi connectivity index (χ2n) is 5.80. The maximum Gasteiger partial charge on any atom is 0.211 e. The first-order valence-electron chi connectivity index (χ1n) is 8.13. The molecular formula is C23H18N+. The molecule has 3 aromatic carbocycles. The first-order valence-corrected chi connectivity index (χ1v) is 8.13. The third-order valence-corrected chi connectivity index (χ3v) is 4.21. The summed E-state index contributed by atoms with van der Waals surface area (Å²) in [7, 11) is 0. The van der Waals surface area contributed by atoms with Crippen LogP contribution in [0.4, 0.5) is 0 Å². The lowest BCUT2D eigenvalue weighted by Crippen LogP contribution is -2.05. The summed E-state index contributed by atoms with van der Waals surface area (Å²) in [5.41, 5.74) is 7.23. The van der Waals surface area contributed by atoms with E-state index >= 15 is 0 Å². The SMILES string of the molecule is c1ccc(-c2ccc(-c3cc(-c4ccccc4)cc[nH+]3)cc2)cc1. The van der Waals surface area contributed by atoms with Crippen LogP contribution >= 0.6 is 0 Å². The summed E-state index contributed by atoms with van der Waals surface area (Å²) in [5.74, 6) is 0. The fourth-order valence-electron chi connectivity index (χ4n) is 2.92. The molecule has 114 valence electrons. The molecular weight excluding hydrogens is 290 g/mol. The van der Waals surface area contributed by atoms with Gasteiger partial charge >= 0.3 is 0 Å². The van der Waals surface area contributed by atoms with E-state index < -0.39 is 0 Å². The molecule has 1 nitrogen and oxygen atoms in total. The molecule has 0 unspecified atom stereocenters. The van der Waals surface area contributed by atoms with E-state index in [1.165, 1.54) is 27.8 Å². The second kappa shape index (κ2) is 6.51. The van der Waals surface area contributed by atoms with Crippen molar-refractivity contribution in [3.05, 3.63) is 103 Å². The van der Waals surface area contributed by atoms with Crippen molar-refractivity contribution >= 4 is 0 Å². The Hall–Kier alpha value is -3.19. The highest BCUT2D eigenvalue weighted by atomic mass is 14.7. The molecule has 1 heteroatoms. The van der Waals surface area contributed by atoms with E-state index in [4.69, 9.17) is 0 Å². The number of hydrogen-bond donors (Lipinski definition) is 0. The summed E-state index contributed by atoms with van der Waals surface area (Å²) >= 11 is 0. The quantitative estimate of drug-likeness (QED) is 0.474. The normalized spacial score (nSPS) is 10.5. The molecule has 0 aliphatic carbocycles. The van der Waals surface area contributed by atoms with Crippen LogP contribution in [0.3, 0.4) is 0 Å². The molecule has 0 saturated heterocycles. The molecule has 4 rings (SSSR count). The zero-order chi connectivity index (χ0) is 16.2. The van der Waals surface area contributed by atoms with Crippen LogP contribution in [-0.2, 0) is 0 Å². The lowest BCUT2D eigenvalue weighted by Gasteiger charge is -2.04. The van der Waals surface area contributed by atoms with Crippen molar-refractivity contribution in [2.75, 3.05) is 0 Å². The van der Waals surface area contributed by atoms with Crippen LogP contribution in [0.25, 0.3) is 33.5 Å². The van der Waals surface area contributed by atoms with Crippen LogP contribution in [0.15, 0.2) is 103 Å². The van der Waals surface area contributed by atoms with Gasteiger partial charge in [-0.1, -0.05) is 72.8 Å². The second-order valence-corrected chi connectivity index (χ2v) is 5.80. The van der Waals surface area contributed by atoms with Crippen molar-refractivity contribution < 1.29 is 4.98 Å². The Bertz CT molecular complexity index is 926. The van der Waals surface area contributed by atoms with Crippen LogP contribution in [0.5, 0.6) is 0 Å². The van der Waals surface area contributed by atoms with Gasteiger partial charge in [0.1, 0.15) is 0 Å². The molecule has 0 fully saturated rings. The van der Waals surface area contributed by atoms with Crippen LogP contribution in [0.2, 0.25) is 0 Å². The van der Waals surface area contributed by atoms with E-state index in [9.17, 15) is 0 Å². The Morgan fingerprint density at radius 2 is 0.917 bits per heavy atom. The fourth-order valence-corrected chi connectivity index (χ4v) is 2.92. The van der Waals surface area contributed by atoms with Crippen molar-refractivity contribution in [2.24, 2.45) is 0 Å². The van der Waals surface area contributed by atoms with Crippen molar-refractivity contribution in [3.63, 3.8) is 0 Å². The predicted octanol–water partition coefficient (Wildman–Crippen LogP) is 5.50. The number of H-pyrrole nitrogens is 1. The van der Waals surface area contributed by atoms with Crippen LogP contribution < -0.4 is 4.98 Å². The third kappa shape index (κ3) is 2.97. The molecule has 0 aliphatic heterocycles. The van der Waals surface area contributed by atoms with Gasteiger partial charge in [0, 0.05) is 17.7 Å². The van der Waals surface area contributed by atoms with Gasteiger partial charge < -0.3 is 0 Å². The Kier molecular flexibility index (Phi) is 3.91. The number of pyridine rings is 1. The number of nitrogens with one attached hydrogen (secondary N) is 1. The molecule has 0 saturated carbocycles. The molecule has 1 N–H and O–H groups in total. The van der Waals surface area contributed by atoms with E-state index in [-0.39, 0.29) is 0 Å². The molecule has 1 aromatic heterocycles. The highest BCUT2D eigenvalue weighted by Gasteiger charge is 2.08. The Balaban J connectivity index is 1.67. The first-order chi connectivity index (χ1) is 11.9. The van der Waals surface area contributed by atoms with Gasteiger partial charge in [-0.15, -0.1) is 0 Å². The van der Waals surface area contributed by atoms with Crippen molar-refractivity contribution in [1.82, 2.24) is 0 Å². The topological polar surface area (TPSA) is 14.1 Å². The molecule has 0 spiro atoms. The standard InChI is InChI=1S/C23H17N/c1-3-7-18(8-4-1)20-11-13-21(14-12-20)23-17-22(15-16-24-23)19-9-5-2-6-10-19/h1-17H/p+1. The van der Waals surface area contributed by atoms with Crippen LogP contribution in [0, 0.1) is 0 Å². The van der Waals surface area contributed by atoms with Gasteiger partial charge in [-0.05, 0) is 34.4 Å². The fraction of sp³-hybridized carbons (Fsp3) is 0. The van der Waals surface area contributed by atoms with Crippen molar-refractivity contribution in [3.8, 4) is 33.5 Å². The largest absolute Gasteiger partial charge is 0.211 e. The van der Waals surface area contributed by atoms with Crippen LogP contribution in [0.1, 0.15) is 0 Å². The number of aromatic amines is 1. The molecule has 1 heterocycles. The van der Waals surface area contributed by atoms with Gasteiger partial charge in [-0.2, -0.15) is 0 Å². The summed E-state index contributed by atoms with van der Waals surface area (Å²) in [6.07, 6.45) is 2.00. The van der Waals surface area contributed by atoms with E-state index in [1.807, 2.05) is 18.3 Å². The molecule has 0 amide bonds. The molecule has 4 aromatic rings. The summed E-state index contributed by atoms with van der Waals surface area (Å²) in [6.45, 7) is 0. The van der Waals surface area contributed by atoms with E-state index in [0.717, 1.165) is 5.69 Å².